The first-order valence-electron chi connectivity index (χ1n) is 6.93. The van der Waals surface area contributed by atoms with Crippen LogP contribution >= 0.6 is 0 Å². The molecular weight excluding hydrogens is 274 g/mol. The Hall–Kier alpha value is -1.92. The molecule has 0 bridgehead atoms. The highest BCUT2D eigenvalue weighted by atomic mass is 16.6. The molecule has 0 spiro atoms. The van der Waals surface area contributed by atoms with Crippen LogP contribution in [0.3, 0.4) is 0 Å². The van der Waals surface area contributed by atoms with E-state index in [4.69, 9.17) is 9.84 Å². The van der Waals surface area contributed by atoms with Gasteiger partial charge in [0, 0.05) is 6.61 Å². The van der Waals surface area contributed by atoms with E-state index in [-0.39, 0.29) is 32.1 Å². The Kier molecular flexibility index (Phi) is 5.30. The van der Waals surface area contributed by atoms with Gasteiger partial charge in [-0.15, -0.1) is 0 Å². The van der Waals surface area contributed by atoms with Crippen molar-refractivity contribution in [2.75, 3.05) is 13.2 Å². The largest absolute Gasteiger partial charge is 0.447 e. The average molecular weight is 293 g/mol. The second-order valence-electron chi connectivity index (χ2n) is 5.05. The van der Waals surface area contributed by atoms with E-state index in [9.17, 15) is 14.7 Å². The quantitative estimate of drug-likeness (QED) is 0.806. The molecule has 0 radical (unpaired) electrons. The number of hydrogen-bond donors (Lipinski definition) is 2. The summed E-state index contributed by atoms with van der Waals surface area (Å²) >= 11 is 0. The van der Waals surface area contributed by atoms with Crippen LogP contribution in [0.25, 0.3) is 0 Å². The number of ether oxygens (including phenoxy) is 1. The number of cyclic esters (lactones) is 1. The molecule has 2 unspecified atom stereocenters. The van der Waals surface area contributed by atoms with Crippen LogP contribution in [0, 0.1) is 0 Å². The Balaban J connectivity index is 2.01. The summed E-state index contributed by atoms with van der Waals surface area (Å²) in [6.45, 7) is -0.0398. The third-order valence-electron chi connectivity index (χ3n) is 3.42. The van der Waals surface area contributed by atoms with Crippen molar-refractivity contribution in [1.29, 1.82) is 0 Å². The van der Waals surface area contributed by atoms with E-state index in [0.29, 0.717) is 6.42 Å². The number of amides is 2. The minimum absolute atomic E-state index is 0.109. The fraction of sp³-hybridized carbons (Fsp3) is 0.467. The molecule has 1 heterocycles. The SMILES string of the molecule is O=C(CC(O)CCO)N1C(=O)OCC1Cc1ccccc1. The summed E-state index contributed by atoms with van der Waals surface area (Å²) in [5.41, 5.74) is 1.01. The lowest BCUT2D eigenvalue weighted by molar-refractivity contribution is -0.131. The molecule has 1 fully saturated rings. The van der Waals surface area contributed by atoms with Crippen LogP contribution in [0.15, 0.2) is 30.3 Å². The van der Waals surface area contributed by atoms with Gasteiger partial charge in [0.1, 0.15) is 6.61 Å². The Morgan fingerprint density at radius 2 is 2.10 bits per heavy atom. The van der Waals surface area contributed by atoms with Gasteiger partial charge in [0.15, 0.2) is 0 Å². The molecule has 1 aliphatic heterocycles. The Morgan fingerprint density at radius 1 is 1.38 bits per heavy atom. The van der Waals surface area contributed by atoms with E-state index in [2.05, 4.69) is 0 Å². The van der Waals surface area contributed by atoms with Crippen LogP contribution in [-0.4, -0.2) is 52.5 Å². The maximum absolute atomic E-state index is 12.1. The highest BCUT2D eigenvalue weighted by molar-refractivity contribution is 5.93. The highest BCUT2D eigenvalue weighted by Gasteiger charge is 2.38. The van der Waals surface area contributed by atoms with E-state index < -0.39 is 18.1 Å². The Bertz CT molecular complexity index is 490. The van der Waals surface area contributed by atoms with Crippen LogP contribution in [0.4, 0.5) is 4.79 Å². The number of hydrogen-bond acceptors (Lipinski definition) is 5. The van der Waals surface area contributed by atoms with Gasteiger partial charge in [-0.25, -0.2) is 9.69 Å². The summed E-state index contributed by atoms with van der Waals surface area (Å²) in [6.07, 6.45) is -1.18. The third kappa shape index (κ3) is 4.03. The van der Waals surface area contributed by atoms with E-state index in [1.54, 1.807) is 0 Å². The molecule has 6 nitrogen and oxygen atoms in total. The van der Waals surface area contributed by atoms with Crippen LogP contribution in [0.1, 0.15) is 18.4 Å². The number of nitrogens with zero attached hydrogens (tertiary/aromatic N) is 1. The van der Waals surface area contributed by atoms with Crippen molar-refractivity contribution in [1.82, 2.24) is 4.90 Å². The van der Waals surface area contributed by atoms with Gasteiger partial charge in [-0.1, -0.05) is 30.3 Å². The van der Waals surface area contributed by atoms with Crippen molar-refractivity contribution in [3.63, 3.8) is 0 Å². The zero-order chi connectivity index (χ0) is 15.2. The zero-order valence-electron chi connectivity index (χ0n) is 11.6. The predicted molar refractivity (Wildman–Crippen MR) is 74.5 cm³/mol. The maximum Gasteiger partial charge on any atom is 0.416 e. The standard InChI is InChI=1S/C15H19NO5/c17-7-6-13(18)9-14(19)16-12(10-21-15(16)20)8-11-4-2-1-3-5-11/h1-5,12-13,17-18H,6-10H2. The summed E-state index contributed by atoms with van der Waals surface area (Å²) in [4.78, 5) is 24.9. The number of benzene rings is 1. The molecule has 0 aliphatic carbocycles. The Labute approximate surface area is 122 Å². The molecule has 2 amide bonds. The molecular formula is C15H19NO5. The van der Waals surface area contributed by atoms with Crippen LogP contribution in [0.5, 0.6) is 0 Å². The van der Waals surface area contributed by atoms with Crippen molar-refractivity contribution in [2.24, 2.45) is 0 Å². The fourth-order valence-corrected chi connectivity index (χ4v) is 2.35. The van der Waals surface area contributed by atoms with Gasteiger partial charge in [-0.2, -0.15) is 0 Å². The number of carbonyl (C=O) groups excluding carboxylic acids is 2. The van der Waals surface area contributed by atoms with Gasteiger partial charge in [0.05, 0.1) is 18.6 Å². The smallest absolute Gasteiger partial charge is 0.416 e. The predicted octanol–water partition coefficient (Wildman–Crippen LogP) is 0.710. The lowest BCUT2D eigenvalue weighted by atomic mass is 10.1. The summed E-state index contributed by atoms with van der Waals surface area (Å²) in [7, 11) is 0. The van der Waals surface area contributed by atoms with Crippen LogP contribution < -0.4 is 0 Å². The molecule has 1 aromatic carbocycles. The first kappa shape index (κ1) is 15.5. The lowest BCUT2D eigenvalue weighted by Crippen LogP contribution is -2.41. The minimum Gasteiger partial charge on any atom is -0.447 e. The molecule has 6 heteroatoms. The van der Waals surface area contributed by atoms with Crippen LogP contribution in [-0.2, 0) is 16.0 Å². The lowest BCUT2D eigenvalue weighted by Gasteiger charge is -2.21. The summed E-state index contributed by atoms with van der Waals surface area (Å²) in [5, 5.41) is 18.3. The molecule has 114 valence electrons. The number of aliphatic hydroxyl groups excluding tert-OH is 2. The maximum atomic E-state index is 12.1. The molecule has 2 N–H and O–H groups in total. The van der Waals surface area contributed by atoms with E-state index >= 15 is 0 Å². The third-order valence-corrected chi connectivity index (χ3v) is 3.42. The second kappa shape index (κ2) is 7.19. The van der Waals surface area contributed by atoms with Crippen molar-refractivity contribution < 1.29 is 24.5 Å². The number of aliphatic hydroxyl groups is 2. The number of rotatable bonds is 6. The van der Waals surface area contributed by atoms with Crippen molar-refractivity contribution >= 4 is 12.0 Å². The fourth-order valence-electron chi connectivity index (χ4n) is 2.35. The molecule has 2 rings (SSSR count). The van der Waals surface area contributed by atoms with E-state index in [1.807, 2.05) is 30.3 Å². The van der Waals surface area contributed by atoms with Crippen molar-refractivity contribution in [3.8, 4) is 0 Å². The van der Waals surface area contributed by atoms with Crippen molar-refractivity contribution in [3.05, 3.63) is 35.9 Å². The van der Waals surface area contributed by atoms with Gasteiger partial charge in [0.2, 0.25) is 5.91 Å². The van der Waals surface area contributed by atoms with E-state index in [0.717, 1.165) is 10.5 Å². The molecule has 2 atom stereocenters. The summed E-state index contributed by atoms with van der Waals surface area (Å²) in [6, 6.07) is 9.18. The summed E-state index contributed by atoms with van der Waals surface area (Å²) in [5.74, 6) is -0.473. The topological polar surface area (TPSA) is 87.1 Å². The zero-order valence-corrected chi connectivity index (χ0v) is 11.6. The molecule has 21 heavy (non-hydrogen) atoms. The second-order valence-corrected chi connectivity index (χ2v) is 5.05. The molecule has 1 aliphatic rings. The highest BCUT2D eigenvalue weighted by Crippen LogP contribution is 2.19. The average Bonchev–Trinajstić information content (AvgIpc) is 2.81. The minimum atomic E-state index is -0.951. The molecule has 0 aromatic heterocycles. The monoisotopic (exact) mass is 293 g/mol. The first-order valence-corrected chi connectivity index (χ1v) is 6.93. The molecule has 1 saturated heterocycles. The number of imide groups is 1. The van der Waals surface area contributed by atoms with Gasteiger partial charge >= 0.3 is 6.09 Å². The van der Waals surface area contributed by atoms with E-state index in [1.165, 1.54) is 0 Å². The molecule has 0 saturated carbocycles. The number of carbonyl (C=O) groups is 2. The van der Waals surface area contributed by atoms with Gasteiger partial charge < -0.3 is 14.9 Å². The van der Waals surface area contributed by atoms with Gasteiger partial charge in [-0.3, -0.25) is 4.79 Å². The van der Waals surface area contributed by atoms with Crippen molar-refractivity contribution in [2.45, 2.75) is 31.4 Å². The van der Waals surface area contributed by atoms with Gasteiger partial charge in [0.25, 0.3) is 0 Å². The van der Waals surface area contributed by atoms with Gasteiger partial charge in [-0.05, 0) is 18.4 Å². The summed E-state index contributed by atoms with van der Waals surface area (Å²) < 4.78 is 4.95. The normalized spacial score (nSPS) is 19.4. The molecule has 1 aromatic rings. The Morgan fingerprint density at radius 3 is 2.76 bits per heavy atom. The van der Waals surface area contributed by atoms with Crippen LogP contribution in [0.2, 0.25) is 0 Å². The first-order chi connectivity index (χ1) is 10.1.